The van der Waals surface area contributed by atoms with Crippen LogP contribution in [0, 0.1) is 0 Å². The van der Waals surface area contributed by atoms with Crippen molar-refractivity contribution < 1.29 is 9.53 Å². The summed E-state index contributed by atoms with van der Waals surface area (Å²) in [5.41, 5.74) is 0. The summed E-state index contributed by atoms with van der Waals surface area (Å²) in [5.74, 6) is 0.526. The molecule has 0 aromatic heterocycles. The normalized spacial score (nSPS) is 40.1. The molecule has 3 aliphatic rings. The zero-order chi connectivity index (χ0) is 11.5. The third-order valence-electron chi connectivity index (χ3n) is 3.35. The van der Waals surface area contributed by atoms with E-state index in [9.17, 15) is 4.79 Å². The number of hydrogen-bond donors (Lipinski definition) is 0. The van der Waals surface area contributed by atoms with Gasteiger partial charge in [0.1, 0.15) is 10.5 Å². The Bertz CT molecular complexity index is 513. The number of benzene rings is 1. The number of fused-ring (bicyclic) bond motifs is 3. The van der Waals surface area contributed by atoms with Crippen LogP contribution in [0.3, 0.4) is 0 Å². The van der Waals surface area contributed by atoms with E-state index in [2.05, 4.69) is 12.2 Å². The van der Waals surface area contributed by atoms with Crippen molar-refractivity contribution in [3.8, 4) is 5.75 Å². The largest absolute Gasteiger partial charge is 0.425 e. The van der Waals surface area contributed by atoms with Gasteiger partial charge in [-0.15, -0.1) is 23.5 Å². The smallest absolute Gasteiger partial charge is 0.332 e. The van der Waals surface area contributed by atoms with E-state index in [-0.39, 0.29) is 10.7 Å². The minimum absolute atomic E-state index is 0.110. The van der Waals surface area contributed by atoms with Crippen LogP contribution in [-0.2, 0) is 4.79 Å². The second-order valence-corrected chi connectivity index (χ2v) is 7.24. The van der Waals surface area contributed by atoms with Gasteiger partial charge in [-0.25, -0.2) is 4.79 Å². The summed E-state index contributed by atoms with van der Waals surface area (Å²) in [6.07, 6.45) is 4.22. The van der Waals surface area contributed by atoms with Gasteiger partial charge in [0.25, 0.3) is 0 Å². The molecule has 86 valence electrons. The van der Waals surface area contributed by atoms with Crippen LogP contribution in [0.15, 0.2) is 42.5 Å². The van der Waals surface area contributed by atoms with Crippen LogP contribution in [0.1, 0.15) is 0 Å². The SMILES string of the molecule is O=C(Oc1ccccc1)C12C=CC3SC3C1S2. The van der Waals surface area contributed by atoms with Gasteiger partial charge in [-0.05, 0) is 12.1 Å². The van der Waals surface area contributed by atoms with Crippen LogP contribution in [0.4, 0.5) is 0 Å². The summed E-state index contributed by atoms with van der Waals surface area (Å²) < 4.78 is 5.07. The molecule has 17 heavy (non-hydrogen) atoms. The molecule has 2 nitrogen and oxygen atoms in total. The van der Waals surface area contributed by atoms with Crippen molar-refractivity contribution in [3.63, 3.8) is 0 Å². The summed E-state index contributed by atoms with van der Waals surface area (Å²) >= 11 is 3.70. The minimum Gasteiger partial charge on any atom is -0.425 e. The maximum Gasteiger partial charge on any atom is 0.332 e. The molecular weight excluding hydrogens is 252 g/mol. The molecule has 1 aromatic carbocycles. The molecular formula is C13H10O2S2. The predicted molar refractivity (Wildman–Crippen MR) is 70.5 cm³/mol. The Morgan fingerprint density at radius 3 is 2.94 bits per heavy atom. The van der Waals surface area contributed by atoms with E-state index >= 15 is 0 Å². The zero-order valence-corrected chi connectivity index (χ0v) is 10.5. The molecule has 1 aromatic rings. The highest BCUT2D eigenvalue weighted by molar-refractivity contribution is 8.14. The second kappa shape index (κ2) is 3.33. The van der Waals surface area contributed by atoms with Crippen molar-refractivity contribution in [2.45, 2.75) is 20.5 Å². The molecule has 0 N–H and O–H groups in total. The number of ether oxygens (including phenoxy) is 1. The molecule has 2 saturated heterocycles. The fourth-order valence-electron chi connectivity index (χ4n) is 2.30. The van der Waals surface area contributed by atoms with Crippen LogP contribution < -0.4 is 4.74 Å². The number of para-hydroxylation sites is 1. The van der Waals surface area contributed by atoms with Gasteiger partial charge in [-0.1, -0.05) is 30.4 Å². The van der Waals surface area contributed by atoms with E-state index in [4.69, 9.17) is 4.74 Å². The Hall–Kier alpha value is -0.870. The molecule has 1 aliphatic carbocycles. The highest BCUT2D eigenvalue weighted by Gasteiger charge is 2.71. The average molecular weight is 262 g/mol. The van der Waals surface area contributed by atoms with Gasteiger partial charge in [-0.2, -0.15) is 0 Å². The van der Waals surface area contributed by atoms with Crippen molar-refractivity contribution in [3.05, 3.63) is 42.5 Å². The predicted octanol–water partition coefficient (Wildman–Crippen LogP) is 2.50. The van der Waals surface area contributed by atoms with Gasteiger partial charge in [0.15, 0.2) is 0 Å². The lowest BCUT2D eigenvalue weighted by Gasteiger charge is -2.12. The maximum absolute atomic E-state index is 12.2. The molecule has 4 heteroatoms. The van der Waals surface area contributed by atoms with Crippen molar-refractivity contribution in [2.24, 2.45) is 0 Å². The lowest BCUT2D eigenvalue weighted by Crippen LogP contribution is -2.33. The highest BCUT2D eigenvalue weighted by Crippen LogP contribution is 2.69. The molecule has 4 atom stereocenters. The Balaban J connectivity index is 1.55. The van der Waals surface area contributed by atoms with Crippen molar-refractivity contribution >= 4 is 29.5 Å². The first-order valence-electron chi connectivity index (χ1n) is 5.59. The van der Waals surface area contributed by atoms with Crippen LogP contribution in [0.25, 0.3) is 0 Å². The van der Waals surface area contributed by atoms with Gasteiger partial charge >= 0.3 is 5.97 Å². The number of esters is 1. The van der Waals surface area contributed by atoms with Crippen molar-refractivity contribution in [2.75, 3.05) is 0 Å². The first-order chi connectivity index (χ1) is 8.29. The minimum atomic E-state index is -0.374. The Kier molecular flexibility index (Phi) is 1.97. The van der Waals surface area contributed by atoms with Crippen LogP contribution in [0.2, 0.25) is 0 Å². The molecule has 2 aliphatic heterocycles. The highest BCUT2D eigenvalue weighted by atomic mass is 32.2. The van der Waals surface area contributed by atoms with Gasteiger partial charge in [0.2, 0.25) is 0 Å². The summed E-state index contributed by atoms with van der Waals surface area (Å²) in [7, 11) is 0. The van der Waals surface area contributed by atoms with Gasteiger partial charge in [0.05, 0.1) is 0 Å². The molecule has 0 amide bonds. The number of rotatable bonds is 2. The van der Waals surface area contributed by atoms with Gasteiger partial charge in [-0.3, -0.25) is 0 Å². The van der Waals surface area contributed by atoms with E-state index < -0.39 is 0 Å². The van der Waals surface area contributed by atoms with Gasteiger partial charge < -0.3 is 4.74 Å². The van der Waals surface area contributed by atoms with Crippen molar-refractivity contribution in [1.82, 2.24) is 0 Å². The first-order valence-corrected chi connectivity index (χ1v) is 7.42. The number of carbonyl (C=O) groups is 1. The maximum atomic E-state index is 12.2. The Morgan fingerprint density at radius 2 is 2.12 bits per heavy atom. The molecule has 2 heterocycles. The summed E-state index contributed by atoms with van der Waals surface area (Å²) in [5, 5.41) is 1.75. The number of hydrogen-bond acceptors (Lipinski definition) is 4. The third-order valence-corrected chi connectivity index (χ3v) is 6.47. The molecule has 0 bridgehead atoms. The average Bonchev–Trinajstić information content (AvgIpc) is 3.22. The molecule has 4 rings (SSSR count). The molecule has 0 radical (unpaired) electrons. The van der Waals surface area contributed by atoms with E-state index in [1.54, 1.807) is 11.8 Å². The first kappa shape index (κ1) is 10.1. The Labute approximate surface area is 108 Å². The molecule has 0 spiro atoms. The molecule has 2 fully saturated rings. The van der Waals surface area contributed by atoms with E-state index in [0.29, 0.717) is 21.5 Å². The van der Waals surface area contributed by atoms with E-state index in [1.165, 1.54) is 0 Å². The summed E-state index contributed by atoms with van der Waals surface area (Å²) in [6.45, 7) is 0. The fourth-order valence-corrected chi connectivity index (χ4v) is 5.16. The van der Waals surface area contributed by atoms with Crippen molar-refractivity contribution in [1.29, 1.82) is 0 Å². The van der Waals surface area contributed by atoms with Crippen LogP contribution >= 0.6 is 23.5 Å². The standard InChI is InChI=1S/C13H10O2S2/c14-12(15-8-4-2-1-3-5-8)13-7-6-9-10(16-9)11(13)17-13/h1-7,9-11H. The third kappa shape index (κ3) is 1.47. The van der Waals surface area contributed by atoms with Gasteiger partial charge in [0, 0.05) is 15.7 Å². The van der Waals surface area contributed by atoms with Crippen LogP contribution in [0.5, 0.6) is 5.75 Å². The quantitative estimate of drug-likeness (QED) is 0.354. The zero-order valence-electron chi connectivity index (χ0n) is 8.91. The second-order valence-electron chi connectivity index (χ2n) is 4.46. The summed E-state index contributed by atoms with van der Waals surface area (Å²) in [6, 6.07) is 9.30. The molecule has 4 unspecified atom stereocenters. The number of carbonyl (C=O) groups excluding carboxylic acids is 1. The van der Waals surface area contributed by atoms with E-state index in [1.807, 2.05) is 42.1 Å². The lowest BCUT2D eigenvalue weighted by atomic mass is 9.96. The fraction of sp³-hybridized carbons (Fsp3) is 0.308. The summed E-state index contributed by atoms with van der Waals surface area (Å²) in [4.78, 5) is 12.2. The number of thioether (sulfide) groups is 2. The van der Waals surface area contributed by atoms with Crippen LogP contribution in [-0.4, -0.2) is 26.5 Å². The van der Waals surface area contributed by atoms with E-state index in [0.717, 1.165) is 0 Å². The topological polar surface area (TPSA) is 26.3 Å². The lowest BCUT2D eigenvalue weighted by molar-refractivity contribution is -0.135. The Morgan fingerprint density at radius 1 is 1.29 bits per heavy atom. The molecule has 0 saturated carbocycles. The monoisotopic (exact) mass is 262 g/mol.